The van der Waals surface area contributed by atoms with Gasteiger partial charge >= 0.3 is 0 Å². The number of nitrogens with zero attached hydrogens (tertiary/aromatic N) is 3. The Hall–Kier alpha value is -1.89. The fraction of sp³-hybridized carbons (Fsp3) is 0.333. The third kappa shape index (κ3) is 4.39. The van der Waals surface area contributed by atoms with Crippen molar-refractivity contribution in [2.45, 2.75) is 13.3 Å². The Kier molecular flexibility index (Phi) is 6.58. The third-order valence-corrected chi connectivity index (χ3v) is 4.85. The summed E-state index contributed by atoms with van der Waals surface area (Å²) in [4.78, 5) is 21.4. The highest BCUT2D eigenvalue weighted by molar-refractivity contribution is 7.22. The van der Waals surface area contributed by atoms with Gasteiger partial charge in [-0.2, -0.15) is 0 Å². The van der Waals surface area contributed by atoms with E-state index >= 15 is 0 Å². The van der Waals surface area contributed by atoms with Crippen molar-refractivity contribution in [2.75, 3.05) is 32.1 Å². The van der Waals surface area contributed by atoms with Gasteiger partial charge in [0, 0.05) is 6.54 Å². The van der Waals surface area contributed by atoms with Crippen LogP contribution in [0.15, 0.2) is 41.0 Å². The molecule has 0 saturated carbocycles. The van der Waals surface area contributed by atoms with Gasteiger partial charge in [0.15, 0.2) is 10.9 Å². The summed E-state index contributed by atoms with van der Waals surface area (Å²) in [6.45, 7) is 3.55. The van der Waals surface area contributed by atoms with Crippen LogP contribution in [0.4, 0.5) is 5.13 Å². The Morgan fingerprint density at radius 2 is 2.00 bits per heavy atom. The van der Waals surface area contributed by atoms with E-state index in [0.29, 0.717) is 12.3 Å². The Balaban J connectivity index is 0.00000225. The normalized spacial score (nSPS) is 10.9. The van der Waals surface area contributed by atoms with Crippen molar-refractivity contribution in [1.29, 1.82) is 0 Å². The van der Waals surface area contributed by atoms with Crippen molar-refractivity contribution in [2.24, 2.45) is 0 Å². The predicted octanol–water partition coefficient (Wildman–Crippen LogP) is 4.22. The topological polar surface area (TPSA) is 49.6 Å². The van der Waals surface area contributed by atoms with E-state index < -0.39 is 0 Å². The number of halogens is 1. The number of aryl methyl sites for hydroxylation is 1. The second-order valence-electron chi connectivity index (χ2n) is 6.01. The molecule has 0 atom stereocenters. The molecule has 1 aromatic carbocycles. The molecule has 2 heterocycles. The molecule has 7 heteroatoms. The molecule has 2 aromatic heterocycles. The molecule has 0 aliphatic rings. The lowest BCUT2D eigenvalue weighted by atomic mass is 10.2. The Bertz CT molecular complexity index is 830. The van der Waals surface area contributed by atoms with E-state index in [1.54, 1.807) is 28.4 Å². The monoisotopic (exact) mass is 379 g/mol. The van der Waals surface area contributed by atoms with Crippen LogP contribution in [0.25, 0.3) is 10.2 Å². The molecule has 0 spiro atoms. The van der Waals surface area contributed by atoms with E-state index in [2.05, 4.69) is 4.90 Å². The first-order valence-electron chi connectivity index (χ1n) is 7.92. The van der Waals surface area contributed by atoms with E-state index in [-0.39, 0.29) is 18.3 Å². The zero-order chi connectivity index (χ0) is 17.1. The molecule has 0 N–H and O–H groups in total. The molecule has 0 saturated heterocycles. The van der Waals surface area contributed by atoms with Crippen LogP contribution in [0.3, 0.4) is 0 Å². The van der Waals surface area contributed by atoms with Crippen molar-refractivity contribution in [3.8, 4) is 0 Å². The number of anilines is 1. The summed E-state index contributed by atoms with van der Waals surface area (Å²) >= 11 is 1.54. The van der Waals surface area contributed by atoms with Crippen LogP contribution in [0.2, 0.25) is 0 Å². The number of hydrogen-bond donors (Lipinski definition) is 0. The summed E-state index contributed by atoms with van der Waals surface area (Å²) in [5.74, 6) is 0.200. The maximum absolute atomic E-state index is 12.8. The number of thiazole rings is 1. The van der Waals surface area contributed by atoms with Crippen LogP contribution in [-0.4, -0.2) is 43.0 Å². The Labute approximate surface area is 157 Å². The van der Waals surface area contributed by atoms with Gasteiger partial charge < -0.3 is 9.32 Å². The van der Waals surface area contributed by atoms with Crippen LogP contribution in [-0.2, 0) is 0 Å². The Morgan fingerprint density at radius 1 is 1.20 bits per heavy atom. The molecule has 134 valence electrons. The lowest BCUT2D eigenvalue weighted by molar-refractivity contribution is 0.0959. The SMILES string of the molecule is Cc1cccc2sc(N(CCCN(C)C)C(=O)c3ccco3)nc12.Cl. The average Bonchev–Trinajstić information content (AvgIpc) is 3.20. The first-order chi connectivity index (χ1) is 11.6. The number of amides is 1. The number of rotatable bonds is 6. The molecule has 0 aliphatic carbocycles. The summed E-state index contributed by atoms with van der Waals surface area (Å²) in [5, 5.41) is 0.722. The minimum atomic E-state index is -0.143. The summed E-state index contributed by atoms with van der Waals surface area (Å²) in [7, 11) is 4.06. The van der Waals surface area contributed by atoms with Gasteiger partial charge in [-0.25, -0.2) is 4.98 Å². The molecule has 1 amide bonds. The van der Waals surface area contributed by atoms with Gasteiger partial charge in [0.05, 0.1) is 16.5 Å². The summed E-state index contributed by atoms with van der Waals surface area (Å²) in [6.07, 6.45) is 2.39. The molecular weight excluding hydrogens is 358 g/mol. The fourth-order valence-corrected chi connectivity index (χ4v) is 3.62. The van der Waals surface area contributed by atoms with E-state index in [1.807, 2.05) is 39.2 Å². The smallest absolute Gasteiger partial charge is 0.295 e. The number of fused-ring (bicyclic) bond motifs is 1. The summed E-state index contributed by atoms with van der Waals surface area (Å²) < 4.78 is 6.39. The third-order valence-electron chi connectivity index (χ3n) is 3.80. The van der Waals surface area contributed by atoms with Crippen molar-refractivity contribution in [1.82, 2.24) is 9.88 Å². The molecule has 3 rings (SSSR count). The van der Waals surface area contributed by atoms with E-state index in [1.165, 1.54) is 6.26 Å². The van der Waals surface area contributed by atoms with Crippen molar-refractivity contribution in [3.63, 3.8) is 0 Å². The lowest BCUT2D eigenvalue weighted by Gasteiger charge is -2.19. The lowest BCUT2D eigenvalue weighted by Crippen LogP contribution is -2.33. The number of furan rings is 1. The van der Waals surface area contributed by atoms with Crippen LogP contribution < -0.4 is 4.90 Å². The first-order valence-corrected chi connectivity index (χ1v) is 8.74. The highest BCUT2D eigenvalue weighted by Gasteiger charge is 2.23. The largest absolute Gasteiger partial charge is 0.459 e. The molecule has 0 unspecified atom stereocenters. The minimum Gasteiger partial charge on any atom is -0.459 e. The first kappa shape index (κ1) is 19.4. The Morgan fingerprint density at radius 3 is 2.64 bits per heavy atom. The van der Waals surface area contributed by atoms with Gasteiger partial charge in [-0.15, -0.1) is 12.4 Å². The van der Waals surface area contributed by atoms with Crippen molar-refractivity contribution in [3.05, 3.63) is 47.9 Å². The van der Waals surface area contributed by atoms with Gasteiger partial charge in [0.2, 0.25) is 0 Å². The maximum Gasteiger partial charge on any atom is 0.295 e. The molecule has 25 heavy (non-hydrogen) atoms. The van der Waals surface area contributed by atoms with Crippen LogP contribution in [0.1, 0.15) is 22.5 Å². The summed E-state index contributed by atoms with van der Waals surface area (Å²) in [6, 6.07) is 9.52. The summed E-state index contributed by atoms with van der Waals surface area (Å²) in [5.41, 5.74) is 2.08. The van der Waals surface area contributed by atoms with Crippen LogP contribution in [0, 0.1) is 6.92 Å². The van der Waals surface area contributed by atoms with E-state index in [4.69, 9.17) is 9.40 Å². The standard InChI is InChI=1S/C18H21N3O2S.ClH/c1-13-7-4-9-15-16(13)19-18(24-15)21(11-6-10-20(2)3)17(22)14-8-5-12-23-14;/h4-5,7-9,12H,6,10-11H2,1-3H3;1H. The molecule has 0 fully saturated rings. The van der Waals surface area contributed by atoms with Gasteiger partial charge in [-0.3, -0.25) is 9.69 Å². The molecule has 0 bridgehead atoms. The minimum absolute atomic E-state index is 0. The molecule has 0 aliphatic heterocycles. The average molecular weight is 380 g/mol. The number of hydrogen-bond acceptors (Lipinski definition) is 5. The molecular formula is C18H22ClN3O2S. The molecule has 0 radical (unpaired) electrons. The van der Waals surface area contributed by atoms with Gasteiger partial charge in [-0.1, -0.05) is 23.5 Å². The zero-order valence-corrected chi connectivity index (χ0v) is 16.2. The highest BCUT2D eigenvalue weighted by atomic mass is 35.5. The molecule has 5 nitrogen and oxygen atoms in total. The maximum atomic E-state index is 12.8. The number of aromatic nitrogens is 1. The number of carbonyl (C=O) groups excluding carboxylic acids is 1. The van der Waals surface area contributed by atoms with Crippen molar-refractivity contribution >= 4 is 45.0 Å². The van der Waals surface area contributed by atoms with E-state index in [9.17, 15) is 4.79 Å². The zero-order valence-electron chi connectivity index (χ0n) is 14.6. The predicted molar refractivity (Wildman–Crippen MR) is 105 cm³/mol. The quantitative estimate of drug-likeness (QED) is 0.643. The second-order valence-corrected chi connectivity index (χ2v) is 7.02. The fourth-order valence-electron chi connectivity index (χ4n) is 2.55. The number of benzene rings is 1. The number of para-hydroxylation sites is 1. The van der Waals surface area contributed by atoms with Crippen molar-refractivity contribution < 1.29 is 9.21 Å². The number of carbonyl (C=O) groups is 1. The molecule has 3 aromatic rings. The van der Waals surface area contributed by atoms with E-state index in [0.717, 1.165) is 33.9 Å². The second kappa shape index (κ2) is 8.47. The van der Waals surface area contributed by atoms with Gasteiger partial charge in [0.25, 0.3) is 5.91 Å². The highest BCUT2D eigenvalue weighted by Crippen LogP contribution is 2.31. The van der Waals surface area contributed by atoms with Gasteiger partial charge in [0.1, 0.15) is 0 Å². The van der Waals surface area contributed by atoms with Crippen LogP contribution >= 0.6 is 23.7 Å². The van der Waals surface area contributed by atoms with Gasteiger partial charge in [-0.05, 0) is 57.7 Å². The van der Waals surface area contributed by atoms with Crippen LogP contribution in [0.5, 0.6) is 0 Å².